The molecular formula is C34H41N5O7S2. The quantitative estimate of drug-likeness (QED) is 0.162. The molecular weight excluding hydrogens is 655 g/mol. The van der Waals surface area contributed by atoms with Gasteiger partial charge in [0.2, 0.25) is 15.9 Å². The van der Waals surface area contributed by atoms with Crippen LogP contribution in [0.1, 0.15) is 65.3 Å². The van der Waals surface area contributed by atoms with Gasteiger partial charge in [-0.2, -0.15) is 5.26 Å². The first kappa shape index (κ1) is 37.7. The molecule has 0 saturated heterocycles. The van der Waals surface area contributed by atoms with Crippen LogP contribution in [0, 0.1) is 11.3 Å². The lowest BCUT2D eigenvalue weighted by Gasteiger charge is -2.20. The first-order valence-corrected chi connectivity index (χ1v) is 18.5. The van der Waals surface area contributed by atoms with Gasteiger partial charge in [0, 0.05) is 44.7 Å². The Morgan fingerprint density at radius 3 is 2.00 bits per heavy atom. The lowest BCUT2D eigenvalue weighted by Crippen LogP contribution is -2.38. The predicted molar refractivity (Wildman–Crippen MR) is 183 cm³/mol. The Bertz CT molecular complexity index is 1810. The van der Waals surface area contributed by atoms with E-state index in [9.17, 15) is 31.2 Å². The first-order valence-electron chi connectivity index (χ1n) is 15.5. The van der Waals surface area contributed by atoms with Gasteiger partial charge in [0.25, 0.3) is 21.8 Å². The summed E-state index contributed by atoms with van der Waals surface area (Å²) in [7, 11) is -4.53. The van der Waals surface area contributed by atoms with Crippen molar-refractivity contribution >= 4 is 43.5 Å². The van der Waals surface area contributed by atoms with Crippen molar-refractivity contribution in [3.05, 3.63) is 95.6 Å². The van der Waals surface area contributed by atoms with E-state index in [2.05, 4.69) is 5.32 Å². The molecule has 0 aromatic heterocycles. The molecule has 48 heavy (non-hydrogen) atoms. The number of hydrogen-bond acceptors (Lipinski definition) is 8. The normalized spacial score (nSPS) is 11.3. The van der Waals surface area contributed by atoms with E-state index in [-0.39, 0.29) is 35.4 Å². The summed E-state index contributed by atoms with van der Waals surface area (Å²) in [5, 5.41) is 11.7. The number of amides is 3. The van der Waals surface area contributed by atoms with Crippen LogP contribution in [0.3, 0.4) is 0 Å². The summed E-state index contributed by atoms with van der Waals surface area (Å²) in [6.07, 6.45) is 2.25. The molecule has 0 unspecified atom stereocenters. The molecule has 256 valence electrons. The molecule has 0 radical (unpaired) electrons. The molecule has 0 heterocycles. The molecule has 12 nitrogen and oxygen atoms in total. The number of sulfonamides is 2. The van der Waals surface area contributed by atoms with Crippen LogP contribution in [-0.4, -0.2) is 76.7 Å². The van der Waals surface area contributed by atoms with Gasteiger partial charge in [0.1, 0.15) is 6.54 Å². The third-order valence-corrected chi connectivity index (χ3v) is 11.2. The first-order chi connectivity index (χ1) is 22.8. The van der Waals surface area contributed by atoms with E-state index in [4.69, 9.17) is 5.26 Å². The van der Waals surface area contributed by atoms with Gasteiger partial charge in [0.15, 0.2) is 0 Å². The van der Waals surface area contributed by atoms with Crippen molar-refractivity contribution < 1.29 is 31.2 Å². The highest BCUT2D eigenvalue weighted by Crippen LogP contribution is 2.22. The van der Waals surface area contributed by atoms with Crippen molar-refractivity contribution in [2.24, 2.45) is 0 Å². The molecule has 0 aliphatic carbocycles. The van der Waals surface area contributed by atoms with Gasteiger partial charge in [-0.15, -0.1) is 0 Å². The standard InChI is InChI=1S/C34H41N5O7S2/c1-4-32(40)39(24-22-35)47(43,44)25-11-6-5-10-23-36-33(41)28-16-14-27(15-17-28)26-37(2)34(42)29-18-20-31(21-19-29)48(45,46)38(3)30-12-8-7-9-13-30/h7-9,12-21H,4-6,10-11,23-26H2,1-3H3,(H,36,41). The third-order valence-electron chi connectivity index (χ3n) is 7.61. The number of nitrogens with one attached hydrogen (secondary N) is 1. The van der Waals surface area contributed by atoms with E-state index in [1.807, 2.05) is 0 Å². The molecule has 0 atom stereocenters. The van der Waals surface area contributed by atoms with Crippen LogP contribution in [0.15, 0.2) is 83.8 Å². The molecule has 3 aromatic rings. The maximum Gasteiger partial charge on any atom is 0.264 e. The van der Waals surface area contributed by atoms with Gasteiger partial charge in [-0.25, -0.2) is 21.1 Å². The molecule has 14 heteroatoms. The molecule has 1 N–H and O–H groups in total. The summed E-state index contributed by atoms with van der Waals surface area (Å²) >= 11 is 0. The van der Waals surface area contributed by atoms with Crippen molar-refractivity contribution in [3.8, 4) is 6.07 Å². The molecule has 3 rings (SSSR count). The molecule has 0 spiro atoms. The molecule has 3 aromatic carbocycles. The fraction of sp³-hybridized carbons (Fsp3) is 0.353. The summed E-state index contributed by atoms with van der Waals surface area (Å²) in [6.45, 7) is 1.73. The highest BCUT2D eigenvalue weighted by Gasteiger charge is 2.25. The Labute approximate surface area is 283 Å². The number of carbonyl (C=O) groups is 3. The summed E-state index contributed by atoms with van der Waals surface area (Å²) in [4.78, 5) is 39.0. The number of unbranched alkanes of at least 4 members (excludes halogenated alkanes) is 3. The van der Waals surface area contributed by atoms with Crippen LogP contribution in [0.5, 0.6) is 0 Å². The van der Waals surface area contributed by atoms with Crippen molar-refractivity contribution in [1.29, 1.82) is 5.26 Å². The lowest BCUT2D eigenvalue weighted by molar-refractivity contribution is -0.125. The van der Waals surface area contributed by atoms with Crippen LogP contribution < -0.4 is 9.62 Å². The monoisotopic (exact) mass is 695 g/mol. The van der Waals surface area contributed by atoms with E-state index in [0.717, 1.165) is 5.56 Å². The zero-order valence-electron chi connectivity index (χ0n) is 27.3. The number of hydrogen-bond donors (Lipinski definition) is 1. The Morgan fingerprint density at radius 2 is 1.40 bits per heavy atom. The number of carbonyl (C=O) groups excluding carboxylic acids is 3. The van der Waals surface area contributed by atoms with Crippen molar-refractivity contribution in [3.63, 3.8) is 0 Å². The van der Waals surface area contributed by atoms with Crippen LogP contribution in [0.2, 0.25) is 0 Å². The van der Waals surface area contributed by atoms with Crippen LogP contribution in [0.4, 0.5) is 5.69 Å². The topological polar surface area (TPSA) is 165 Å². The van der Waals surface area contributed by atoms with Crippen molar-refractivity contribution in [1.82, 2.24) is 14.5 Å². The summed E-state index contributed by atoms with van der Waals surface area (Å²) in [5.74, 6) is -1.36. The number of para-hydroxylation sites is 1. The number of anilines is 1. The second-order valence-electron chi connectivity index (χ2n) is 11.1. The molecule has 0 fully saturated rings. The number of rotatable bonds is 17. The maximum absolute atomic E-state index is 13.0. The molecule has 0 saturated carbocycles. The zero-order valence-corrected chi connectivity index (χ0v) is 29.0. The predicted octanol–water partition coefficient (Wildman–Crippen LogP) is 4.17. The van der Waals surface area contributed by atoms with Crippen LogP contribution >= 0.6 is 0 Å². The van der Waals surface area contributed by atoms with Gasteiger partial charge in [-0.1, -0.05) is 50.1 Å². The SMILES string of the molecule is CCC(=O)N(CC#N)S(=O)(=O)CCCCCCNC(=O)c1ccc(CN(C)C(=O)c2ccc(S(=O)(=O)N(C)c3ccccc3)cc2)cc1. The minimum atomic E-state index is -3.84. The Balaban J connectivity index is 1.43. The van der Waals surface area contributed by atoms with Crippen LogP contribution in [0.25, 0.3) is 0 Å². The van der Waals surface area contributed by atoms with E-state index in [0.29, 0.717) is 53.3 Å². The fourth-order valence-corrected chi connectivity index (χ4v) is 7.47. The molecule has 0 aliphatic heterocycles. The van der Waals surface area contributed by atoms with Gasteiger partial charge >= 0.3 is 0 Å². The number of benzene rings is 3. The Kier molecular flexibility index (Phi) is 13.7. The molecule has 3 amide bonds. The fourth-order valence-electron chi connectivity index (χ4n) is 4.79. The number of nitrogens with zero attached hydrogens (tertiary/aromatic N) is 4. The highest BCUT2D eigenvalue weighted by atomic mass is 32.2. The second kappa shape index (κ2) is 17.4. The smallest absolute Gasteiger partial charge is 0.264 e. The minimum absolute atomic E-state index is 0.00115. The number of nitriles is 1. The van der Waals surface area contributed by atoms with Gasteiger partial charge in [-0.3, -0.25) is 18.7 Å². The Morgan fingerprint density at radius 1 is 0.792 bits per heavy atom. The highest BCUT2D eigenvalue weighted by molar-refractivity contribution is 7.92. The summed E-state index contributed by atoms with van der Waals surface area (Å²) in [5.41, 5.74) is 2.11. The van der Waals surface area contributed by atoms with E-state index in [1.165, 1.54) is 40.5 Å². The average molecular weight is 696 g/mol. The largest absolute Gasteiger partial charge is 0.352 e. The molecule has 0 bridgehead atoms. The van der Waals surface area contributed by atoms with E-state index >= 15 is 0 Å². The third kappa shape index (κ3) is 10.1. The second-order valence-corrected chi connectivity index (χ2v) is 15.1. The maximum atomic E-state index is 13.0. The van der Waals surface area contributed by atoms with Crippen LogP contribution in [-0.2, 0) is 31.4 Å². The van der Waals surface area contributed by atoms with Gasteiger partial charge in [0.05, 0.1) is 22.4 Å². The Hall–Kier alpha value is -4.74. The van der Waals surface area contributed by atoms with Gasteiger partial charge in [-0.05, 0) is 66.9 Å². The van der Waals surface area contributed by atoms with Crippen molar-refractivity contribution in [2.45, 2.75) is 50.5 Å². The van der Waals surface area contributed by atoms with E-state index < -0.39 is 32.5 Å². The zero-order chi connectivity index (χ0) is 35.3. The minimum Gasteiger partial charge on any atom is -0.352 e. The van der Waals surface area contributed by atoms with E-state index in [1.54, 1.807) is 74.6 Å². The lowest BCUT2D eigenvalue weighted by atomic mass is 10.1. The van der Waals surface area contributed by atoms with Gasteiger partial charge < -0.3 is 10.2 Å². The average Bonchev–Trinajstić information content (AvgIpc) is 3.09. The summed E-state index contributed by atoms with van der Waals surface area (Å²) < 4.78 is 52.7. The summed E-state index contributed by atoms with van der Waals surface area (Å²) in [6, 6.07) is 23.1. The van der Waals surface area contributed by atoms with Crippen molar-refractivity contribution in [2.75, 3.05) is 37.2 Å². The molecule has 0 aliphatic rings.